The number of aromatic hydroxyl groups is 1. The third-order valence-corrected chi connectivity index (χ3v) is 3.45. The molecule has 1 amide bonds. The van der Waals surface area contributed by atoms with E-state index in [0.29, 0.717) is 11.0 Å². The molecule has 0 aliphatic carbocycles. The van der Waals surface area contributed by atoms with Crippen LogP contribution in [0.1, 0.15) is 17.3 Å². The zero-order chi connectivity index (χ0) is 15.6. The number of hydrogen-bond acceptors (Lipinski definition) is 4. The maximum absolute atomic E-state index is 12.0. The smallest absolute Gasteiger partial charge is 0.297 e. The van der Waals surface area contributed by atoms with Crippen molar-refractivity contribution in [1.82, 2.24) is 9.78 Å². The lowest BCUT2D eigenvalue weighted by molar-refractivity contribution is -0.112. The van der Waals surface area contributed by atoms with E-state index < -0.39 is 11.7 Å². The number of aryl methyl sites for hydroxylation is 1. The van der Waals surface area contributed by atoms with E-state index in [2.05, 4.69) is 26.3 Å². The number of nitrogens with zero attached hydrogens (tertiary/aromatic N) is 2. The van der Waals surface area contributed by atoms with Crippen molar-refractivity contribution in [1.29, 1.82) is 0 Å². The molecule has 2 N–H and O–H groups in total. The molecule has 0 unspecified atom stereocenters. The molecular weight excluding hydrogens is 362 g/mol. The Morgan fingerprint density at radius 3 is 2.76 bits per heavy atom. The van der Waals surface area contributed by atoms with Gasteiger partial charge in [-0.2, -0.15) is 5.10 Å². The zero-order valence-electron chi connectivity index (χ0n) is 10.9. The van der Waals surface area contributed by atoms with Gasteiger partial charge in [-0.3, -0.25) is 14.3 Å². The molecule has 0 spiro atoms. The van der Waals surface area contributed by atoms with Gasteiger partial charge in [0.1, 0.15) is 11.4 Å². The van der Waals surface area contributed by atoms with Crippen molar-refractivity contribution >= 4 is 44.9 Å². The SMILES string of the molecule is CCn1cc(C(=O)C(=O)Nc2c(O)cc(Br)cc2Cl)cn1. The number of halogens is 2. The number of nitrogens with one attached hydrogen (secondary N) is 1. The Kier molecular flexibility index (Phi) is 4.64. The van der Waals surface area contributed by atoms with Crippen LogP contribution in [0.2, 0.25) is 5.02 Å². The summed E-state index contributed by atoms with van der Waals surface area (Å²) < 4.78 is 2.09. The average molecular weight is 373 g/mol. The Morgan fingerprint density at radius 2 is 2.19 bits per heavy atom. The quantitative estimate of drug-likeness (QED) is 0.491. The predicted molar refractivity (Wildman–Crippen MR) is 81.7 cm³/mol. The lowest BCUT2D eigenvalue weighted by Crippen LogP contribution is -2.22. The Balaban J connectivity index is 2.20. The van der Waals surface area contributed by atoms with Crippen LogP contribution in [0.5, 0.6) is 5.75 Å². The van der Waals surface area contributed by atoms with Gasteiger partial charge < -0.3 is 10.4 Å². The highest BCUT2D eigenvalue weighted by atomic mass is 79.9. The molecule has 2 aromatic rings. The van der Waals surface area contributed by atoms with Crippen LogP contribution in [-0.2, 0) is 11.3 Å². The first kappa shape index (κ1) is 15.5. The highest BCUT2D eigenvalue weighted by Gasteiger charge is 2.20. The molecule has 0 aliphatic rings. The minimum Gasteiger partial charge on any atom is -0.506 e. The highest BCUT2D eigenvalue weighted by molar-refractivity contribution is 9.10. The molecule has 0 aliphatic heterocycles. The van der Waals surface area contributed by atoms with Crippen LogP contribution in [-0.4, -0.2) is 26.6 Å². The first-order valence-corrected chi connectivity index (χ1v) is 7.15. The lowest BCUT2D eigenvalue weighted by Gasteiger charge is -2.08. The Labute approximate surface area is 133 Å². The molecule has 0 radical (unpaired) electrons. The summed E-state index contributed by atoms with van der Waals surface area (Å²) in [6.45, 7) is 2.45. The van der Waals surface area contributed by atoms with Crippen molar-refractivity contribution in [2.45, 2.75) is 13.5 Å². The molecule has 0 fully saturated rings. The number of rotatable bonds is 4. The highest BCUT2D eigenvalue weighted by Crippen LogP contribution is 2.35. The van der Waals surface area contributed by atoms with E-state index in [9.17, 15) is 14.7 Å². The van der Waals surface area contributed by atoms with Crippen LogP contribution in [0.4, 0.5) is 5.69 Å². The molecule has 6 nitrogen and oxygen atoms in total. The molecule has 0 saturated heterocycles. The number of phenolic OH excluding ortho intramolecular Hbond substituents is 1. The largest absolute Gasteiger partial charge is 0.506 e. The Bertz CT molecular complexity index is 691. The number of amides is 1. The number of carbonyl (C=O) groups is 2. The van der Waals surface area contributed by atoms with Crippen molar-refractivity contribution in [2.24, 2.45) is 0 Å². The van der Waals surface area contributed by atoms with Gasteiger partial charge in [0.2, 0.25) is 0 Å². The van der Waals surface area contributed by atoms with E-state index >= 15 is 0 Å². The Hall–Kier alpha value is -1.86. The number of Topliss-reactive ketones (excluding diaryl/α,β-unsaturated/α-hetero) is 1. The molecule has 1 aromatic carbocycles. The first-order valence-electron chi connectivity index (χ1n) is 5.98. The van der Waals surface area contributed by atoms with Crippen molar-refractivity contribution < 1.29 is 14.7 Å². The van der Waals surface area contributed by atoms with Crippen molar-refractivity contribution in [3.63, 3.8) is 0 Å². The topological polar surface area (TPSA) is 84.2 Å². The number of benzene rings is 1. The van der Waals surface area contributed by atoms with Crippen molar-refractivity contribution in [3.05, 3.63) is 39.6 Å². The fraction of sp³-hybridized carbons (Fsp3) is 0.154. The van der Waals surface area contributed by atoms with Crippen LogP contribution < -0.4 is 5.32 Å². The standard InChI is InChI=1S/C13H11BrClN3O3/c1-2-18-6-7(5-16-18)12(20)13(21)17-11-9(15)3-8(14)4-10(11)19/h3-6,19H,2H2,1H3,(H,17,21). The molecule has 21 heavy (non-hydrogen) atoms. The number of hydrogen-bond donors (Lipinski definition) is 2. The van der Waals surface area contributed by atoms with Crippen LogP contribution in [0.15, 0.2) is 29.0 Å². The number of carbonyl (C=O) groups excluding carboxylic acids is 2. The normalized spacial score (nSPS) is 10.4. The molecular formula is C13H11BrClN3O3. The molecule has 0 bridgehead atoms. The van der Waals surface area contributed by atoms with Gasteiger partial charge in [-0.05, 0) is 19.1 Å². The minimum atomic E-state index is -0.898. The van der Waals surface area contributed by atoms with Gasteiger partial charge in [-0.25, -0.2) is 0 Å². The summed E-state index contributed by atoms with van der Waals surface area (Å²) in [4.78, 5) is 23.9. The van der Waals surface area contributed by atoms with Gasteiger partial charge in [0.25, 0.3) is 11.7 Å². The summed E-state index contributed by atoms with van der Waals surface area (Å²) in [5.41, 5.74) is 0.156. The number of aromatic nitrogens is 2. The molecule has 1 aromatic heterocycles. The maximum atomic E-state index is 12.0. The second kappa shape index (κ2) is 6.28. The molecule has 1 heterocycles. The fourth-order valence-electron chi connectivity index (χ4n) is 1.64. The third-order valence-electron chi connectivity index (χ3n) is 2.70. The third kappa shape index (κ3) is 3.43. The van der Waals surface area contributed by atoms with Crippen LogP contribution >= 0.6 is 27.5 Å². The summed E-state index contributed by atoms with van der Waals surface area (Å²) in [7, 11) is 0. The monoisotopic (exact) mass is 371 g/mol. The number of phenols is 1. The molecule has 0 atom stereocenters. The summed E-state index contributed by atoms with van der Waals surface area (Å²) >= 11 is 9.08. The minimum absolute atomic E-state index is 0.0129. The predicted octanol–water partition coefficient (Wildman–Crippen LogP) is 2.85. The van der Waals surface area contributed by atoms with E-state index in [0.717, 1.165) is 0 Å². The fourth-order valence-corrected chi connectivity index (χ4v) is 2.48. The van der Waals surface area contributed by atoms with E-state index in [1.807, 2.05) is 6.92 Å². The zero-order valence-corrected chi connectivity index (χ0v) is 13.3. The summed E-state index contributed by atoms with van der Waals surface area (Å²) in [6, 6.07) is 2.86. The van der Waals surface area contributed by atoms with Gasteiger partial charge in [-0.15, -0.1) is 0 Å². The van der Waals surface area contributed by atoms with Crippen molar-refractivity contribution in [3.8, 4) is 5.75 Å². The van der Waals surface area contributed by atoms with Crippen LogP contribution in [0.3, 0.4) is 0 Å². The first-order chi connectivity index (χ1) is 9.92. The van der Waals surface area contributed by atoms with Gasteiger partial charge in [-0.1, -0.05) is 27.5 Å². The number of anilines is 1. The van der Waals surface area contributed by atoms with Gasteiger partial charge >= 0.3 is 0 Å². The maximum Gasteiger partial charge on any atom is 0.297 e. The van der Waals surface area contributed by atoms with Crippen LogP contribution in [0.25, 0.3) is 0 Å². The van der Waals surface area contributed by atoms with E-state index in [1.54, 1.807) is 0 Å². The summed E-state index contributed by atoms with van der Waals surface area (Å²) in [5, 5.41) is 16.1. The molecule has 0 saturated carbocycles. The summed E-state index contributed by atoms with van der Waals surface area (Å²) in [6.07, 6.45) is 2.79. The second-order valence-corrected chi connectivity index (χ2v) is 5.47. The van der Waals surface area contributed by atoms with Gasteiger partial charge in [0, 0.05) is 17.2 Å². The van der Waals surface area contributed by atoms with Gasteiger partial charge in [0.15, 0.2) is 0 Å². The van der Waals surface area contributed by atoms with Crippen molar-refractivity contribution in [2.75, 3.05) is 5.32 Å². The van der Waals surface area contributed by atoms with E-state index in [4.69, 9.17) is 11.6 Å². The number of ketones is 1. The summed E-state index contributed by atoms with van der Waals surface area (Å²) in [5.74, 6) is -1.89. The molecule has 110 valence electrons. The van der Waals surface area contributed by atoms with Gasteiger partial charge in [0.05, 0.1) is 16.8 Å². The van der Waals surface area contributed by atoms with E-state index in [1.165, 1.54) is 29.2 Å². The van der Waals surface area contributed by atoms with Crippen LogP contribution in [0, 0.1) is 0 Å². The van der Waals surface area contributed by atoms with E-state index in [-0.39, 0.29) is 22.0 Å². The molecule has 2 rings (SSSR count). The second-order valence-electron chi connectivity index (χ2n) is 4.15. The average Bonchev–Trinajstić information content (AvgIpc) is 2.90. The lowest BCUT2D eigenvalue weighted by atomic mass is 10.2. The Morgan fingerprint density at radius 1 is 1.48 bits per heavy atom. The molecule has 8 heteroatoms.